The van der Waals surface area contributed by atoms with Crippen molar-refractivity contribution in [1.29, 1.82) is 0 Å². The van der Waals surface area contributed by atoms with Gasteiger partial charge >= 0.3 is 0 Å². The molecule has 0 saturated carbocycles. The second-order valence-corrected chi connectivity index (χ2v) is 10.2. The zero-order chi connectivity index (χ0) is 26.2. The van der Waals surface area contributed by atoms with Gasteiger partial charge in [0.2, 0.25) is 11.8 Å². The highest BCUT2D eigenvalue weighted by Gasteiger charge is 2.33. The Labute approximate surface area is 214 Å². The van der Waals surface area contributed by atoms with E-state index in [0.29, 0.717) is 42.6 Å². The van der Waals surface area contributed by atoms with E-state index in [1.165, 1.54) is 12.5 Å². The van der Waals surface area contributed by atoms with E-state index in [1.54, 1.807) is 41.6 Å². The van der Waals surface area contributed by atoms with Crippen molar-refractivity contribution in [1.82, 2.24) is 15.2 Å². The number of nitrogens with zero attached hydrogens (tertiary/aromatic N) is 2. The standard InChI is InChI=1S/C29H38N4O3/c1-19(2)27-14-24(15-28(35)33(5)18-22-7-6-12-30-16-22)20(3)13-25(27)17-31-29(36)23-8-10-26(11-9-23)32-21(4)34/h6-13,16,19,24-25,27H,14-15,17-18H2,1-5H3,(H,31,36)(H,32,34)/t24-,25-,27-/m0/s1. The van der Waals surface area contributed by atoms with Gasteiger partial charge in [-0.15, -0.1) is 0 Å². The van der Waals surface area contributed by atoms with E-state index in [9.17, 15) is 14.4 Å². The van der Waals surface area contributed by atoms with Crippen molar-refractivity contribution in [3.8, 4) is 0 Å². The van der Waals surface area contributed by atoms with Crippen LogP contribution in [0.15, 0.2) is 60.4 Å². The lowest BCUT2D eigenvalue weighted by atomic mass is 9.69. The number of aromatic nitrogens is 1. The van der Waals surface area contributed by atoms with E-state index in [1.807, 2.05) is 19.2 Å². The van der Waals surface area contributed by atoms with Crippen LogP contribution in [0.25, 0.3) is 0 Å². The van der Waals surface area contributed by atoms with Gasteiger partial charge < -0.3 is 15.5 Å². The van der Waals surface area contributed by atoms with Gasteiger partial charge in [-0.3, -0.25) is 19.4 Å². The second-order valence-electron chi connectivity index (χ2n) is 10.2. The molecule has 36 heavy (non-hydrogen) atoms. The fourth-order valence-electron chi connectivity index (χ4n) is 4.95. The molecule has 3 amide bonds. The molecule has 3 atom stereocenters. The van der Waals surface area contributed by atoms with Gasteiger partial charge in [0.05, 0.1) is 0 Å². The minimum absolute atomic E-state index is 0.132. The molecule has 1 aromatic carbocycles. The van der Waals surface area contributed by atoms with E-state index in [0.717, 1.165) is 12.0 Å². The van der Waals surface area contributed by atoms with E-state index < -0.39 is 0 Å². The second kappa shape index (κ2) is 12.5. The molecule has 192 valence electrons. The molecule has 1 aliphatic carbocycles. The molecule has 0 spiro atoms. The zero-order valence-electron chi connectivity index (χ0n) is 22.0. The minimum Gasteiger partial charge on any atom is -0.351 e. The Kier molecular flexibility index (Phi) is 9.39. The first-order chi connectivity index (χ1) is 17.1. The SMILES string of the molecule is CC(=O)Nc1ccc(C(=O)NC[C@@H]2C=C(C)[C@H](CC(=O)N(C)Cc3cccnc3)C[C@H]2C(C)C)cc1. The minimum atomic E-state index is -0.147. The summed E-state index contributed by atoms with van der Waals surface area (Å²) in [4.78, 5) is 42.8. The number of nitrogens with one attached hydrogen (secondary N) is 2. The van der Waals surface area contributed by atoms with E-state index in [2.05, 4.69) is 42.5 Å². The topological polar surface area (TPSA) is 91.4 Å². The van der Waals surface area contributed by atoms with Gasteiger partial charge in [0.1, 0.15) is 0 Å². The number of hydrogen-bond acceptors (Lipinski definition) is 4. The normalized spacial score (nSPS) is 19.4. The predicted molar refractivity (Wildman–Crippen MR) is 142 cm³/mol. The Balaban J connectivity index is 1.60. The Morgan fingerprint density at radius 3 is 2.47 bits per heavy atom. The van der Waals surface area contributed by atoms with Crippen LogP contribution in [0.2, 0.25) is 0 Å². The summed E-state index contributed by atoms with van der Waals surface area (Å²) in [5.41, 5.74) is 3.46. The number of amides is 3. The van der Waals surface area contributed by atoms with Gasteiger partial charge in [-0.05, 0) is 72.9 Å². The van der Waals surface area contributed by atoms with Crippen LogP contribution in [-0.4, -0.2) is 41.2 Å². The van der Waals surface area contributed by atoms with Crippen molar-refractivity contribution in [2.75, 3.05) is 18.9 Å². The van der Waals surface area contributed by atoms with Crippen molar-refractivity contribution in [3.05, 3.63) is 71.6 Å². The van der Waals surface area contributed by atoms with Crippen LogP contribution in [0.3, 0.4) is 0 Å². The molecule has 2 aromatic rings. The summed E-state index contributed by atoms with van der Waals surface area (Å²) in [6.45, 7) is 9.08. The van der Waals surface area contributed by atoms with Gasteiger partial charge in [-0.2, -0.15) is 0 Å². The molecule has 1 heterocycles. The lowest BCUT2D eigenvalue weighted by molar-refractivity contribution is -0.131. The van der Waals surface area contributed by atoms with Gasteiger partial charge in [0, 0.05) is 57.1 Å². The van der Waals surface area contributed by atoms with Crippen molar-refractivity contribution in [3.63, 3.8) is 0 Å². The van der Waals surface area contributed by atoms with E-state index in [-0.39, 0.29) is 29.6 Å². The third-order valence-corrected chi connectivity index (χ3v) is 7.04. The molecular formula is C29H38N4O3. The Morgan fingerprint density at radius 1 is 1.14 bits per heavy atom. The predicted octanol–water partition coefficient (Wildman–Crippen LogP) is 4.67. The molecular weight excluding hydrogens is 452 g/mol. The largest absolute Gasteiger partial charge is 0.351 e. The Bertz CT molecular complexity index is 1080. The fraction of sp³-hybridized carbons (Fsp3) is 0.448. The number of carbonyl (C=O) groups excluding carboxylic acids is 3. The molecule has 0 unspecified atom stereocenters. The van der Waals surface area contributed by atoms with Crippen LogP contribution in [0.5, 0.6) is 0 Å². The maximum atomic E-state index is 13.0. The molecule has 0 radical (unpaired) electrons. The van der Waals surface area contributed by atoms with Gasteiger partial charge in [0.15, 0.2) is 0 Å². The Morgan fingerprint density at radius 2 is 1.86 bits per heavy atom. The van der Waals surface area contributed by atoms with Crippen molar-refractivity contribution in [2.45, 2.75) is 47.1 Å². The number of allylic oxidation sites excluding steroid dienone is 1. The molecule has 0 fully saturated rings. The maximum absolute atomic E-state index is 13.0. The number of rotatable bonds is 9. The van der Waals surface area contributed by atoms with Crippen LogP contribution in [0.1, 0.15) is 56.5 Å². The maximum Gasteiger partial charge on any atom is 0.251 e. The first-order valence-corrected chi connectivity index (χ1v) is 12.6. The highest BCUT2D eigenvalue weighted by molar-refractivity contribution is 5.95. The van der Waals surface area contributed by atoms with Gasteiger partial charge in [0.25, 0.3) is 5.91 Å². The smallest absolute Gasteiger partial charge is 0.251 e. The summed E-state index contributed by atoms with van der Waals surface area (Å²) in [6, 6.07) is 10.7. The highest BCUT2D eigenvalue weighted by Crippen LogP contribution is 2.39. The number of hydrogen-bond donors (Lipinski definition) is 2. The zero-order valence-corrected chi connectivity index (χ0v) is 22.0. The first kappa shape index (κ1) is 27.1. The first-order valence-electron chi connectivity index (χ1n) is 12.6. The summed E-state index contributed by atoms with van der Waals surface area (Å²) in [6.07, 6.45) is 7.20. The molecule has 0 bridgehead atoms. The molecule has 0 aliphatic heterocycles. The number of carbonyl (C=O) groups is 3. The molecule has 3 rings (SSSR count). The number of pyridine rings is 1. The summed E-state index contributed by atoms with van der Waals surface area (Å²) in [5, 5.41) is 5.79. The van der Waals surface area contributed by atoms with Crippen molar-refractivity contribution in [2.24, 2.45) is 23.7 Å². The fourth-order valence-corrected chi connectivity index (χ4v) is 4.95. The summed E-state index contributed by atoms with van der Waals surface area (Å²) in [5.74, 6) is 1.07. The monoisotopic (exact) mass is 490 g/mol. The molecule has 0 saturated heterocycles. The number of benzene rings is 1. The van der Waals surface area contributed by atoms with Gasteiger partial charge in [-0.25, -0.2) is 0 Å². The Hall–Kier alpha value is -3.48. The molecule has 1 aliphatic rings. The number of anilines is 1. The average molecular weight is 491 g/mol. The van der Waals surface area contributed by atoms with Crippen molar-refractivity contribution >= 4 is 23.4 Å². The van der Waals surface area contributed by atoms with Crippen LogP contribution in [0, 0.1) is 23.7 Å². The average Bonchev–Trinajstić information content (AvgIpc) is 2.84. The summed E-state index contributed by atoms with van der Waals surface area (Å²) >= 11 is 0. The molecule has 7 nitrogen and oxygen atoms in total. The van der Waals surface area contributed by atoms with Crippen molar-refractivity contribution < 1.29 is 14.4 Å². The van der Waals surface area contributed by atoms with E-state index in [4.69, 9.17) is 0 Å². The third-order valence-electron chi connectivity index (χ3n) is 7.04. The molecule has 7 heteroatoms. The lowest BCUT2D eigenvalue weighted by Gasteiger charge is -2.37. The highest BCUT2D eigenvalue weighted by atomic mass is 16.2. The van der Waals surface area contributed by atoms with Crippen LogP contribution in [-0.2, 0) is 16.1 Å². The van der Waals surface area contributed by atoms with Crippen LogP contribution < -0.4 is 10.6 Å². The van der Waals surface area contributed by atoms with Crippen LogP contribution in [0.4, 0.5) is 5.69 Å². The third kappa shape index (κ3) is 7.51. The van der Waals surface area contributed by atoms with Crippen LogP contribution >= 0.6 is 0 Å². The van der Waals surface area contributed by atoms with Gasteiger partial charge in [-0.1, -0.05) is 31.6 Å². The molecule has 1 aromatic heterocycles. The summed E-state index contributed by atoms with van der Waals surface area (Å²) < 4.78 is 0. The summed E-state index contributed by atoms with van der Waals surface area (Å²) in [7, 11) is 1.85. The quantitative estimate of drug-likeness (QED) is 0.500. The van der Waals surface area contributed by atoms with E-state index >= 15 is 0 Å². The molecule has 2 N–H and O–H groups in total. The lowest BCUT2D eigenvalue weighted by Crippen LogP contribution is -2.38.